The van der Waals surface area contributed by atoms with E-state index in [4.69, 9.17) is 4.98 Å². The molecule has 1 aliphatic heterocycles. The van der Waals surface area contributed by atoms with E-state index in [2.05, 4.69) is 31.2 Å². The lowest BCUT2D eigenvalue weighted by atomic mass is 9.88. The van der Waals surface area contributed by atoms with E-state index in [0.717, 1.165) is 11.6 Å². The molecule has 1 N–H and O–H groups in total. The third-order valence-corrected chi connectivity index (χ3v) is 5.40. The molecule has 132 valence electrons. The van der Waals surface area contributed by atoms with Gasteiger partial charge in [-0.2, -0.15) is 0 Å². The second-order valence-electron chi connectivity index (χ2n) is 7.18. The first kappa shape index (κ1) is 16.4. The fourth-order valence-electron chi connectivity index (χ4n) is 4.18. The minimum Gasteiger partial charge on any atom is -0.307 e. The van der Waals surface area contributed by atoms with Gasteiger partial charge < -0.3 is 5.32 Å². The normalized spacial score (nSPS) is 22.2. The predicted octanol–water partition coefficient (Wildman–Crippen LogP) is 3.73. The zero-order chi connectivity index (χ0) is 16.9. The summed E-state index contributed by atoms with van der Waals surface area (Å²) in [5.41, 5.74) is 1.12. The van der Waals surface area contributed by atoms with Crippen LogP contribution in [0.1, 0.15) is 56.7 Å². The second-order valence-corrected chi connectivity index (χ2v) is 7.18. The molecular formula is C19H26N6. The molecule has 2 fully saturated rings. The van der Waals surface area contributed by atoms with Crippen LogP contribution in [0.3, 0.4) is 0 Å². The smallest absolute Gasteiger partial charge is 0.228 e. The van der Waals surface area contributed by atoms with Gasteiger partial charge >= 0.3 is 0 Å². The third kappa shape index (κ3) is 4.12. The van der Waals surface area contributed by atoms with Crippen LogP contribution in [0.15, 0.2) is 30.9 Å². The highest BCUT2D eigenvalue weighted by Gasteiger charge is 2.29. The van der Waals surface area contributed by atoms with E-state index in [-0.39, 0.29) is 0 Å². The Hall–Kier alpha value is -2.08. The maximum absolute atomic E-state index is 4.76. The van der Waals surface area contributed by atoms with Gasteiger partial charge in [0.05, 0.1) is 17.9 Å². The number of likely N-dealkylation sites (tertiary alicyclic amines) is 1. The van der Waals surface area contributed by atoms with Crippen LogP contribution in [0.5, 0.6) is 0 Å². The summed E-state index contributed by atoms with van der Waals surface area (Å²) in [6.45, 7) is 2.42. The van der Waals surface area contributed by atoms with Gasteiger partial charge in [0.25, 0.3) is 0 Å². The lowest BCUT2D eigenvalue weighted by Gasteiger charge is -2.30. The lowest BCUT2D eigenvalue weighted by molar-refractivity contribution is 0.186. The molecule has 0 spiro atoms. The molecule has 0 unspecified atom stereocenters. The standard InChI is InChI=1S/C19H26N6/c1-2-5-15(6-3-1)14-25-12-4-7-17(25)16-8-9-22-19(23-16)24-18-13-20-10-11-21-18/h8-11,13,15,17H,1-7,12,14H2,(H,21,22,23,24)/t17-/m1/s1. The van der Waals surface area contributed by atoms with Crippen molar-refractivity contribution in [3.63, 3.8) is 0 Å². The van der Waals surface area contributed by atoms with Crippen LogP contribution in [0.2, 0.25) is 0 Å². The van der Waals surface area contributed by atoms with E-state index in [1.165, 1.54) is 58.0 Å². The van der Waals surface area contributed by atoms with Crippen molar-refractivity contribution >= 4 is 11.8 Å². The summed E-state index contributed by atoms with van der Waals surface area (Å²) in [7, 11) is 0. The molecule has 1 saturated carbocycles. The molecule has 4 rings (SSSR count). The molecule has 0 bridgehead atoms. The van der Waals surface area contributed by atoms with E-state index in [1.807, 2.05) is 6.20 Å². The van der Waals surface area contributed by atoms with Crippen molar-refractivity contribution in [2.75, 3.05) is 18.4 Å². The Morgan fingerprint density at radius 1 is 1.00 bits per heavy atom. The molecule has 6 heteroatoms. The highest BCUT2D eigenvalue weighted by Crippen LogP contribution is 2.34. The average molecular weight is 338 g/mol. The van der Waals surface area contributed by atoms with E-state index >= 15 is 0 Å². The van der Waals surface area contributed by atoms with Gasteiger partial charge in [0.1, 0.15) is 0 Å². The number of aromatic nitrogens is 4. The van der Waals surface area contributed by atoms with Crippen LogP contribution in [0.4, 0.5) is 11.8 Å². The van der Waals surface area contributed by atoms with Crippen LogP contribution in [0, 0.1) is 5.92 Å². The molecule has 3 heterocycles. The van der Waals surface area contributed by atoms with Crippen LogP contribution in [-0.2, 0) is 0 Å². The zero-order valence-electron chi connectivity index (χ0n) is 14.6. The molecule has 0 aromatic carbocycles. The van der Waals surface area contributed by atoms with Crippen LogP contribution in [0.25, 0.3) is 0 Å². The Labute approximate surface area is 149 Å². The van der Waals surface area contributed by atoms with Crippen molar-refractivity contribution in [2.45, 2.75) is 51.0 Å². The molecule has 1 aliphatic carbocycles. The maximum atomic E-state index is 4.76. The van der Waals surface area contributed by atoms with Gasteiger partial charge in [-0.3, -0.25) is 9.88 Å². The Kier molecular flexibility index (Phi) is 5.16. The summed E-state index contributed by atoms with van der Waals surface area (Å²) in [4.78, 5) is 20.0. The Balaban J connectivity index is 1.45. The molecule has 2 aliphatic rings. The number of hydrogen-bond acceptors (Lipinski definition) is 6. The maximum Gasteiger partial charge on any atom is 0.228 e. The monoisotopic (exact) mass is 338 g/mol. The molecular weight excluding hydrogens is 312 g/mol. The van der Waals surface area contributed by atoms with Crippen molar-refractivity contribution in [3.8, 4) is 0 Å². The van der Waals surface area contributed by atoms with Crippen LogP contribution in [-0.4, -0.2) is 37.9 Å². The van der Waals surface area contributed by atoms with Crippen molar-refractivity contribution in [2.24, 2.45) is 5.92 Å². The minimum absolute atomic E-state index is 0.423. The third-order valence-electron chi connectivity index (χ3n) is 5.40. The second kappa shape index (κ2) is 7.87. The Morgan fingerprint density at radius 3 is 2.76 bits per heavy atom. The van der Waals surface area contributed by atoms with Gasteiger partial charge in [-0.1, -0.05) is 19.3 Å². The largest absolute Gasteiger partial charge is 0.307 e. The van der Waals surface area contributed by atoms with Gasteiger partial charge in [-0.25, -0.2) is 15.0 Å². The lowest BCUT2D eigenvalue weighted by Crippen LogP contribution is -2.30. The van der Waals surface area contributed by atoms with Gasteiger partial charge in [0.2, 0.25) is 5.95 Å². The van der Waals surface area contributed by atoms with Gasteiger partial charge in [-0.15, -0.1) is 0 Å². The number of anilines is 2. The molecule has 0 amide bonds. The molecule has 2 aromatic heterocycles. The molecule has 6 nitrogen and oxygen atoms in total. The van der Waals surface area contributed by atoms with Crippen molar-refractivity contribution < 1.29 is 0 Å². The summed E-state index contributed by atoms with van der Waals surface area (Å²) in [6.07, 6.45) is 16.3. The highest BCUT2D eigenvalue weighted by molar-refractivity contribution is 5.45. The quantitative estimate of drug-likeness (QED) is 0.896. The predicted molar refractivity (Wildman–Crippen MR) is 97.5 cm³/mol. The first-order chi connectivity index (χ1) is 12.4. The zero-order valence-corrected chi connectivity index (χ0v) is 14.6. The van der Waals surface area contributed by atoms with Gasteiger partial charge in [0.15, 0.2) is 5.82 Å². The van der Waals surface area contributed by atoms with E-state index in [1.54, 1.807) is 18.6 Å². The number of nitrogens with zero attached hydrogens (tertiary/aromatic N) is 5. The Bertz CT molecular complexity index is 671. The summed E-state index contributed by atoms with van der Waals surface area (Å²) in [5, 5.41) is 3.15. The topological polar surface area (TPSA) is 66.8 Å². The van der Waals surface area contributed by atoms with Crippen LogP contribution < -0.4 is 5.32 Å². The molecule has 2 aromatic rings. The summed E-state index contributed by atoms with van der Waals surface area (Å²) < 4.78 is 0. The first-order valence-corrected chi connectivity index (χ1v) is 9.48. The molecule has 25 heavy (non-hydrogen) atoms. The van der Waals surface area contributed by atoms with E-state index in [0.29, 0.717) is 17.8 Å². The highest BCUT2D eigenvalue weighted by atomic mass is 15.2. The van der Waals surface area contributed by atoms with Gasteiger partial charge in [0, 0.05) is 25.1 Å². The molecule has 1 atom stereocenters. The fraction of sp³-hybridized carbons (Fsp3) is 0.579. The average Bonchev–Trinajstić information content (AvgIpc) is 3.12. The van der Waals surface area contributed by atoms with Crippen molar-refractivity contribution in [1.82, 2.24) is 24.8 Å². The Morgan fingerprint density at radius 2 is 1.92 bits per heavy atom. The summed E-state index contributed by atoms with van der Waals surface area (Å²) >= 11 is 0. The number of rotatable bonds is 5. The number of hydrogen-bond donors (Lipinski definition) is 1. The van der Waals surface area contributed by atoms with E-state index in [9.17, 15) is 0 Å². The van der Waals surface area contributed by atoms with E-state index < -0.39 is 0 Å². The van der Waals surface area contributed by atoms with Crippen LogP contribution >= 0.6 is 0 Å². The van der Waals surface area contributed by atoms with Crippen molar-refractivity contribution in [3.05, 3.63) is 36.5 Å². The minimum atomic E-state index is 0.423. The first-order valence-electron chi connectivity index (χ1n) is 9.48. The van der Waals surface area contributed by atoms with Gasteiger partial charge in [-0.05, 0) is 44.2 Å². The molecule has 1 saturated heterocycles. The number of nitrogens with one attached hydrogen (secondary N) is 1. The summed E-state index contributed by atoms with van der Waals surface area (Å²) in [6, 6.07) is 2.48. The molecule has 0 radical (unpaired) electrons. The summed E-state index contributed by atoms with van der Waals surface area (Å²) in [5.74, 6) is 2.14. The SMILES string of the molecule is c1cnc(Nc2nccc([C@H]3CCCN3CC3CCCCC3)n2)cn1. The fourth-order valence-corrected chi connectivity index (χ4v) is 4.18. The van der Waals surface area contributed by atoms with Crippen molar-refractivity contribution in [1.29, 1.82) is 0 Å².